The van der Waals surface area contributed by atoms with E-state index in [0.717, 1.165) is 37.8 Å². The summed E-state index contributed by atoms with van der Waals surface area (Å²) in [6.45, 7) is 2.13. The molecule has 3 aliphatic carbocycles. The van der Waals surface area contributed by atoms with Gasteiger partial charge >= 0.3 is 5.97 Å². The zero-order valence-corrected chi connectivity index (χ0v) is 14.3. The standard InChI is InChI=1S/C17H23NO4S/c1-2-22-15(20)13-10-17(7-8-17)6-5-14(13)18-16(21)23-12-4-3-11(19)9-12/h12H,2-10H2,1H3,(H,18,21)/t12-/m0/s1. The van der Waals surface area contributed by atoms with E-state index in [1.165, 1.54) is 11.8 Å². The maximum Gasteiger partial charge on any atom is 0.335 e. The molecule has 3 aliphatic rings. The highest BCUT2D eigenvalue weighted by atomic mass is 32.2. The molecule has 1 atom stereocenters. The molecule has 2 fully saturated rings. The molecule has 0 unspecified atom stereocenters. The van der Waals surface area contributed by atoms with Gasteiger partial charge in [-0.25, -0.2) is 4.79 Å². The summed E-state index contributed by atoms with van der Waals surface area (Å²) in [4.78, 5) is 35.7. The maximum absolute atomic E-state index is 12.2. The van der Waals surface area contributed by atoms with E-state index in [9.17, 15) is 14.4 Å². The molecule has 0 aromatic heterocycles. The van der Waals surface area contributed by atoms with E-state index < -0.39 is 0 Å². The molecular weight excluding hydrogens is 314 g/mol. The van der Waals surface area contributed by atoms with Gasteiger partial charge in [-0.3, -0.25) is 9.59 Å². The zero-order valence-electron chi connectivity index (χ0n) is 13.5. The topological polar surface area (TPSA) is 72.5 Å². The van der Waals surface area contributed by atoms with Gasteiger partial charge in [0.05, 0.1) is 12.2 Å². The van der Waals surface area contributed by atoms with E-state index in [2.05, 4.69) is 5.32 Å². The Labute approximate surface area is 140 Å². The van der Waals surface area contributed by atoms with Crippen molar-refractivity contribution in [3.8, 4) is 0 Å². The molecular formula is C17H23NO4S. The van der Waals surface area contributed by atoms with Crippen molar-refractivity contribution in [2.45, 2.75) is 63.5 Å². The number of amides is 1. The molecule has 3 rings (SSSR count). The fourth-order valence-electron chi connectivity index (χ4n) is 3.45. The lowest BCUT2D eigenvalue weighted by atomic mass is 9.84. The summed E-state index contributed by atoms with van der Waals surface area (Å²) in [6, 6.07) is 0. The molecule has 2 saturated carbocycles. The number of ketones is 1. The average molecular weight is 337 g/mol. The largest absolute Gasteiger partial charge is 0.463 e. The second-order valence-electron chi connectivity index (χ2n) is 6.79. The maximum atomic E-state index is 12.2. The number of hydrogen-bond acceptors (Lipinski definition) is 5. The molecule has 1 N–H and O–H groups in total. The Kier molecular flexibility index (Phi) is 4.80. The molecule has 0 aromatic rings. The summed E-state index contributed by atoms with van der Waals surface area (Å²) in [6.07, 6.45) is 6.61. The highest BCUT2D eigenvalue weighted by molar-refractivity contribution is 8.14. The normalized spacial score (nSPS) is 25.6. The van der Waals surface area contributed by atoms with Gasteiger partial charge in [-0.15, -0.1) is 0 Å². The van der Waals surface area contributed by atoms with Crippen LogP contribution in [0.15, 0.2) is 11.3 Å². The van der Waals surface area contributed by atoms with E-state index in [0.29, 0.717) is 31.4 Å². The number of allylic oxidation sites excluding steroid dienone is 1. The molecule has 23 heavy (non-hydrogen) atoms. The number of hydrogen-bond donors (Lipinski definition) is 1. The Balaban J connectivity index is 1.65. The monoisotopic (exact) mass is 337 g/mol. The number of rotatable bonds is 4. The third-order valence-electron chi connectivity index (χ3n) is 5.03. The summed E-state index contributed by atoms with van der Waals surface area (Å²) in [7, 11) is 0. The van der Waals surface area contributed by atoms with Crippen molar-refractivity contribution in [2.24, 2.45) is 5.41 Å². The molecule has 126 valence electrons. The van der Waals surface area contributed by atoms with Crippen molar-refractivity contribution in [1.29, 1.82) is 0 Å². The molecule has 0 heterocycles. The number of ether oxygens (including phenoxy) is 1. The van der Waals surface area contributed by atoms with Crippen LogP contribution in [-0.4, -0.2) is 28.8 Å². The number of carbonyl (C=O) groups is 3. The average Bonchev–Trinajstić information content (AvgIpc) is 3.14. The number of carbonyl (C=O) groups excluding carboxylic acids is 3. The highest BCUT2D eigenvalue weighted by Crippen LogP contribution is 2.57. The van der Waals surface area contributed by atoms with Crippen molar-refractivity contribution < 1.29 is 19.1 Å². The summed E-state index contributed by atoms with van der Waals surface area (Å²) >= 11 is 1.19. The van der Waals surface area contributed by atoms with Gasteiger partial charge in [0.25, 0.3) is 5.24 Å². The minimum atomic E-state index is -0.296. The first-order valence-electron chi connectivity index (χ1n) is 8.40. The third kappa shape index (κ3) is 3.97. The molecule has 0 aromatic carbocycles. The van der Waals surface area contributed by atoms with Crippen LogP contribution >= 0.6 is 11.8 Å². The zero-order chi connectivity index (χ0) is 16.4. The second kappa shape index (κ2) is 6.67. The van der Waals surface area contributed by atoms with Crippen LogP contribution in [0.2, 0.25) is 0 Å². The van der Waals surface area contributed by atoms with Crippen molar-refractivity contribution >= 4 is 28.8 Å². The van der Waals surface area contributed by atoms with Crippen LogP contribution in [0.1, 0.15) is 58.3 Å². The van der Waals surface area contributed by atoms with Gasteiger partial charge in [0.2, 0.25) is 0 Å². The van der Waals surface area contributed by atoms with E-state index in [1.54, 1.807) is 6.92 Å². The van der Waals surface area contributed by atoms with Gasteiger partial charge in [-0.05, 0) is 50.9 Å². The lowest BCUT2D eigenvalue weighted by Gasteiger charge is -2.26. The fourth-order valence-corrected chi connectivity index (χ4v) is 4.44. The summed E-state index contributed by atoms with van der Waals surface area (Å²) in [5, 5.41) is 2.82. The first-order valence-corrected chi connectivity index (χ1v) is 9.28. The molecule has 1 spiro atoms. The Hall–Kier alpha value is -1.30. The predicted molar refractivity (Wildman–Crippen MR) is 87.9 cm³/mol. The van der Waals surface area contributed by atoms with Crippen LogP contribution in [-0.2, 0) is 14.3 Å². The number of nitrogens with one attached hydrogen (secondary N) is 1. The molecule has 1 amide bonds. The number of esters is 1. The molecule has 0 aliphatic heterocycles. The van der Waals surface area contributed by atoms with Gasteiger partial charge in [0, 0.05) is 23.8 Å². The molecule has 0 bridgehead atoms. The third-order valence-corrected chi connectivity index (χ3v) is 6.08. The smallest absolute Gasteiger partial charge is 0.335 e. The SMILES string of the molecule is CCOC(=O)C1=C(NC(=O)S[C@H]2CCC(=O)C2)CCC2(CC2)C1. The highest BCUT2D eigenvalue weighted by Gasteiger charge is 2.47. The minimum absolute atomic E-state index is 0.0764. The minimum Gasteiger partial charge on any atom is -0.463 e. The van der Waals surface area contributed by atoms with E-state index in [1.807, 2.05) is 0 Å². The first kappa shape index (κ1) is 16.6. The van der Waals surface area contributed by atoms with Crippen LogP contribution < -0.4 is 5.32 Å². The lowest BCUT2D eigenvalue weighted by molar-refractivity contribution is -0.139. The van der Waals surface area contributed by atoms with Crippen molar-refractivity contribution in [2.75, 3.05) is 6.61 Å². The van der Waals surface area contributed by atoms with Gasteiger partial charge in [-0.2, -0.15) is 0 Å². The summed E-state index contributed by atoms with van der Waals surface area (Å²) < 4.78 is 5.16. The van der Waals surface area contributed by atoms with Crippen molar-refractivity contribution in [1.82, 2.24) is 5.32 Å². The van der Waals surface area contributed by atoms with Crippen molar-refractivity contribution in [3.63, 3.8) is 0 Å². The van der Waals surface area contributed by atoms with E-state index in [4.69, 9.17) is 4.74 Å². The van der Waals surface area contributed by atoms with Crippen LogP contribution in [0.4, 0.5) is 4.79 Å². The van der Waals surface area contributed by atoms with Crippen LogP contribution in [0.5, 0.6) is 0 Å². The predicted octanol–water partition coefficient (Wildman–Crippen LogP) is 3.33. The van der Waals surface area contributed by atoms with Gasteiger partial charge < -0.3 is 10.1 Å². The Morgan fingerprint density at radius 2 is 2.09 bits per heavy atom. The quantitative estimate of drug-likeness (QED) is 0.797. The Morgan fingerprint density at radius 1 is 1.30 bits per heavy atom. The van der Waals surface area contributed by atoms with Gasteiger partial charge in [0.15, 0.2) is 0 Å². The first-order chi connectivity index (χ1) is 11.0. The molecule has 0 saturated heterocycles. The van der Waals surface area contributed by atoms with Crippen LogP contribution in [0.25, 0.3) is 0 Å². The second-order valence-corrected chi connectivity index (χ2v) is 8.06. The lowest BCUT2D eigenvalue weighted by Crippen LogP contribution is -2.29. The van der Waals surface area contributed by atoms with Crippen LogP contribution in [0, 0.1) is 5.41 Å². The van der Waals surface area contributed by atoms with E-state index >= 15 is 0 Å². The molecule has 0 radical (unpaired) electrons. The molecule has 5 nitrogen and oxygen atoms in total. The van der Waals surface area contributed by atoms with Gasteiger partial charge in [0.1, 0.15) is 5.78 Å². The summed E-state index contributed by atoms with van der Waals surface area (Å²) in [5.74, 6) is -0.0649. The van der Waals surface area contributed by atoms with Crippen LogP contribution in [0.3, 0.4) is 0 Å². The fraction of sp³-hybridized carbons (Fsp3) is 0.706. The Bertz CT molecular complexity index is 565. The number of thioether (sulfide) groups is 1. The molecule has 6 heteroatoms. The Morgan fingerprint density at radius 3 is 2.70 bits per heavy atom. The van der Waals surface area contributed by atoms with Crippen molar-refractivity contribution in [3.05, 3.63) is 11.3 Å². The van der Waals surface area contributed by atoms with Gasteiger partial charge in [-0.1, -0.05) is 11.8 Å². The number of Topliss-reactive ketones (excluding diaryl/α,β-unsaturated/α-hetero) is 1. The summed E-state index contributed by atoms with van der Waals surface area (Å²) in [5.41, 5.74) is 1.65. The van der Waals surface area contributed by atoms with E-state index in [-0.39, 0.29) is 27.7 Å².